The molecule has 27 heavy (non-hydrogen) atoms. The molecule has 0 aliphatic heterocycles. The van der Waals surface area contributed by atoms with Gasteiger partial charge in [0.25, 0.3) is 5.91 Å². The molecule has 5 nitrogen and oxygen atoms in total. The molecule has 0 bridgehead atoms. The highest BCUT2D eigenvalue weighted by Gasteiger charge is 2.15. The average Bonchev–Trinajstić information content (AvgIpc) is 2.61. The summed E-state index contributed by atoms with van der Waals surface area (Å²) in [7, 11) is -1.82. The number of benzene rings is 2. The molecule has 0 aliphatic carbocycles. The number of hydrogen-bond acceptors (Lipinski definition) is 4. The van der Waals surface area contributed by atoms with Crippen molar-refractivity contribution >= 4 is 33.4 Å². The van der Waals surface area contributed by atoms with Crippen molar-refractivity contribution in [1.82, 2.24) is 5.32 Å². The predicted octanol–water partition coefficient (Wildman–Crippen LogP) is 3.36. The summed E-state index contributed by atoms with van der Waals surface area (Å²) in [6.07, 6.45) is 1.15. The Morgan fingerprint density at radius 1 is 1.11 bits per heavy atom. The molecule has 0 saturated carbocycles. The zero-order valence-corrected chi connectivity index (χ0v) is 17.8. The molecule has 2 aromatic rings. The number of aryl methyl sites for hydroxylation is 2. The largest absolute Gasteiger partial charge is 0.351 e. The molecule has 2 aromatic carbocycles. The Labute approximate surface area is 166 Å². The number of hydrogen-bond donors (Lipinski definition) is 1. The number of nitrogens with one attached hydrogen (secondary N) is 1. The van der Waals surface area contributed by atoms with E-state index in [2.05, 4.69) is 36.5 Å². The first-order valence-electron chi connectivity index (χ1n) is 8.64. The SMILES string of the molecule is Cc1ccc(CSCCNC(=O)c2ccc(N(C)S(C)(=O)=O)c(C)c2)cc1. The van der Waals surface area contributed by atoms with Gasteiger partial charge in [0.2, 0.25) is 10.0 Å². The molecule has 7 heteroatoms. The van der Waals surface area contributed by atoms with Gasteiger partial charge in [0, 0.05) is 30.7 Å². The highest BCUT2D eigenvalue weighted by atomic mass is 32.2. The average molecular weight is 407 g/mol. The number of amides is 1. The molecule has 2 rings (SSSR count). The van der Waals surface area contributed by atoms with Crippen molar-refractivity contribution in [1.29, 1.82) is 0 Å². The molecule has 0 aromatic heterocycles. The third kappa shape index (κ3) is 6.29. The maximum atomic E-state index is 12.3. The lowest BCUT2D eigenvalue weighted by molar-refractivity contribution is 0.0956. The van der Waals surface area contributed by atoms with Crippen LogP contribution in [0.2, 0.25) is 0 Å². The van der Waals surface area contributed by atoms with Crippen LogP contribution in [0, 0.1) is 13.8 Å². The normalized spacial score (nSPS) is 11.3. The molecule has 1 amide bonds. The molecule has 0 unspecified atom stereocenters. The quantitative estimate of drug-likeness (QED) is 0.683. The van der Waals surface area contributed by atoms with Crippen molar-refractivity contribution in [2.24, 2.45) is 0 Å². The Morgan fingerprint density at radius 3 is 2.37 bits per heavy atom. The van der Waals surface area contributed by atoms with Crippen molar-refractivity contribution < 1.29 is 13.2 Å². The van der Waals surface area contributed by atoms with Crippen LogP contribution in [0.5, 0.6) is 0 Å². The van der Waals surface area contributed by atoms with Crippen molar-refractivity contribution in [3.8, 4) is 0 Å². The van der Waals surface area contributed by atoms with E-state index in [1.54, 1.807) is 36.9 Å². The van der Waals surface area contributed by atoms with Crippen LogP contribution in [-0.2, 0) is 15.8 Å². The van der Waals surface area contributed by atoms with Crippen molar-refractivity contribution in [2.45, 2.75) is 19.6 Å². The third-order valence-electron chi connectivity index (χ3n) is 4.22. The Bertz CT molecular complexity index is 894. The van der Waals surface area contributed by atoms with E-state index in [1.165, 1.54) is 22.5 Å². The van der Waals surface area contributed by atoms with Crippen LogP contribution >= 0.6 is 11.8 Å². The van der Waals surface area contributed by atoms with Gasteiger partial charge in [-0.25, -0.2) is 8.42 Å². The van der Waals surface area contributed by atoms with Crippen LogP contribution in [0.25, 0.3) is 0 Å². The van der Waals surface area contributed by atoms with E-state index in [9.17, 15) is 13.2 Å². The van der Waals surface area contributed by atoms with Gasteiger partial charge in [0.15, 0.2) is 0 Å². The summed E-state index contributed by atoms with van der Waals surface area (Å²) in [5.41, 5.74) is 4.37. The number of anilines is 1. The fraction of sp³-hybridized carbons (Fsp3) is 0.350. The summed E-state index contributed by atoms with van der Waals surface area (Å²) in [6.45, 7) is 4.45. The minimum Gasteiger partial charge on any atom is -0.351 e. The van der Waals surface area contributed by atoms with Gasteiger partial charge >= 0.3 is 0 Å². The Kier molecular flexibility index (Phi) is 7.33. The first-order valence-corrected chi connectivity index (χ1v) is 11.6. The summed E-state index contributed by atoms with van der Waals surface area (Å²) in [5.74, 6) is 1.59. The van der Waals surface area contributed by atoms with E-state index in [1.807, 2.05) is 0 Å². The number of rotatable bonds is 8. The lowest BCUT2D eigenvalue weighted by Gasteiger charge is -2.19. The Balaban J connectivity index is 1.83. The molecule has 146 valence electrons. The first-order chi connectivity index (χ1) is 12.7. The number of carbonyl (C=O) groups is 1. The topological polar surface area (TPSA) is 66.5 Å². The number of thioether (sulfide) groups is 1. The van der Waals surface area contributed by atoms with Crippen molar-refractivity contribution in [2.75, 3.05) is 29.9 Å². The van der Waals surface area contributed by atoms with Crippen LogP contribution in [-0.4, -0.2) is 39.9 Å². The van der Waals surface area contributed by atoms with Crippen molar-refractivity contribution in [3.05, 3.63) is 64.7 Å². The van der Waals surface area contributed by atoms with Gasteiger partial charge in [-0.3, -0.25) is 9.10 Å². The zero-order chi connectivity index (χ0) is 20.0. The third-order valence-corrected chi connectivity index (χ3v) is 6.44. The number of nitrogens with zero attached hydrogens (tertiary/aromatic N) is 1. The number of sulfonamides is 1. The summed E-state index contributed by atoms with van der Waals surface area (Å²) >= 11 is 1.77. The van der Waals surface area contributed by atoms with Crippen LogP contribution in [0.3, 0.4) is 0 Å². The van der Waals surface area contributed by atoms with Gasteiger partial charge in [-0.1, -0.05) is 29.8 Å². The second-order valence-corrected chi connectivity index (χ2v) is 9.64. The van der Waals surface area contributed by atoms with Crippen molar-refractivity contribution in [3.63, 3.8) is 0 Å². The lowest BCUT2D eigenvalue weighted by atomic mass is 10.1. The van der Waals surface area contributed by atoms with E-state index in [0.29, 0.717) is 17.8 Å². The molecule has 0 fully saturated rings. The molecule has 0 spiro atoms. The van der Waals surface area contributed by atoms with Crippen LogP contribution in [0.15, 0.2) is 42.5 Å². The molecular formula is C20H26N2O3S2. The summed E-state index contributed by atoms with van der Waals surface area (Å²) in [4.78, 5) is 12.3. The van der Waals surface area contributed by atoms with E-state index in [0.717, 1.165) is 23.3 Å². The predicted molar refractivity (Wildman–Crippen MR) is 114 cm³/mol. The Hall–Kier alpha value is -1.99. The monoisotopic (exact) mass is 406 g/mol. The van der Waals surface area contributed by atoms with E-state index in [-0.39, 0.29) is 5.91 Å². The fourth-order valence-corrected chi connectivity index (χ4v) is 3.92. The number of carbonyl (C=O) groups excluding carboxylic acids is 1. The second-order valence-electron chi connectivity index (χ2n) is 6.53. The van der Waals surface area contributed by atoms with Crippen LogP contribution in [0.4, 0.5) is 5.69 Å². The van der Waals surface area contributed by atoms with E-state index >= 15 is 0 Å². The molecule has 0 aliphatic rings. The van der Waals surface area contributed by atoms with Gasteiger partial charge in [-0.15, -0.1) is 0 Å². The minimum absolute atomic E-state index is 0.150. The Morgan fingerprint density at radius 2 is 1.78 bits per heavy atom. The van der Waals surface area contributed by atoms with Gasteiger partial charge in [-0.05, 0) is 43.2 Å². The van der Waals surface area contributed by atoms with Gasteiger partial charge in [0.05, 0.1) is 11.9 Å². The fourth-order valence-electron chi connectivity index (χ4n) is 2.54. The molecule has 0 atom stereocenters. The maximum absolute atomic E-state index is 12.3. The molecular weight excluding hydrogens is 380 g/mol. The molecule has 1 N–H and O–H groups in total. The first kappa shape index (κ1) is 21.3. The standard InChI is InChI=1S/C20H26N2O3S2/c1-15-5-7-17(8-6-15)14-26-12-11-21-20(23)18-9-10-19(16(2)13-18)22(3)27(4,24)25/h5-10,13H,11-12,14H2,1-4H3,(H,21,23). The lowest BCUT2D eigenvalue weighted by Crippen LogP contribution is -2.27. The van der Waals surface area contributed by atoms with Crippen LogP contribution in [0.1, 0.15) is 27.0 Å². The highest BCUT2D eigenvalue weighted by molar-refractivity contribution is 7.98. The zero-order valence-electron chi connectivity index (χ0n) is 16.2. The second kappa shape index (κ2) is 9.28. The molecule has 0 heterocycles. The minimum atomic E-state index is -3.33. The summed E-state index contributed by atoms with van der Waals surface area (Å²) in [5, 5.41) is 2.91. The van der Waals surface area contributed by atoms with Gasteiger partial charge < -0.3 is 5.32 Å². The van der Waals surface area contributed by atoms with Crippen LogP contribution < -0.4 is 9.62 Å². The van der Waals surface area contributed by atoms with Gasteiger partial charge in [-0.2, -0.15) is 11.8 Å². The summed E-state index contributed by atoms with van der Waals surface area (Å²) in [6, 6.07) is 13.5. The van der Waals surface area contributed by atoms with Gasteiger partial charge in [0.1, 0.15) is 0 Å². The molecule has 0 saturated heterocycles. The van der Waals surface area contributed by atoms with E-state index in [4.69, 9.17) is 0 Å². The van der Waals surface area contributed by atoms with E-state index < -0.39 is 10.0 Å². The molecule has 0 radical (unpaired) electrons. The highest BCUT2D eigenvalue weighted by Crippen LogP contribution is 2.22. The maximum Gasteiger partial charge on any atom is 0.251 e. The smallest absolute Gasteiger partial charge is 0.251 e. The summed E-state index contributed by atoms with van der Waals surface area (Å²) < 4.78 is 24.6.